The first-order valence-electron chi connectivity index (χ1n) is 12.7. The van der Waals surface area contributed by atoms with Gasteiger partial charge in [0.05, 0.1) is 29.6 Å². The maximum absolute atomic E-state index is 14.3. The van der Waals surface area contributed by atoms with E-state index >= 15 is 0 Å². The Morgan fingerprint density at radius 2 is 1.89 bits per heavy atom. The van der Waals surface area contributed by atoms with Crippen LogP contribution < -0.4 is 4.90 Å². The minimum atomic E-state index is -1.17. The Bertz CT molecular complexity index is 1270. The van der Waals surface area contributed by atoms with E-state index in [-0.39, 0.29) is 30.5 Å². The highest BCUT2D eigenvalue weighted by atomic mass is 127. The standard InChI is InChI=1S/C28H33IN4O4/c1-18-25(27(2,3)36)24(12-14-32-17-21(13-15-34)30-31-32)37-28(18)22-6-4-5-7-23(22)33(26(28)35)16-19-8-10-20(29)11-9-19/h4-11,17-18,24-25,34,36H,12-16H2,1-3H3/t18-,24+,25-,28+/m1/s1. The van der Waals surface area contributed by atoms with Gasteiger partial charge in [-0.1, -0.05) is 42.5 Å². The Morgan fingerprint density at radius 3 is 2.59 bits per heavy atom. The lowest BCUT2D eigenvalue weighted by atomic mass is 9.71. The van der Waals surface area contributed by atoms with Crippen LogP contribution in [-0.2, 0) is 34.6 Å². The number of halogens is 1. The molecule has 3 heterocycles. The number of ether oxygens (including phenoxy) is 1. The highest BCUT2D eigenvalue weighted by Gasteiger charge is 2.65. The van der Waals surface area contributed by atoms with Crippen molar-refractivity contribution in [1.82, 2.24) is 15.0 Å². The van der Waals surface area contributed by atoms with Crippen LogP contribution in [0.4, 0.5) is 5.69 Å². The van der Waals surface area contributed by atoms with Crippen LogP contribution in [0.3, 0.4) is 0 Å². The van der Waals surface area contributed by atoms with E-state index in [1.165, 1.54) is 0 Å². The number of hydrogen-bond donors (Lipinski definition) is 2. The van der Waals surface area contributed by atoms with Crippen LogP contribution in [0.25, 0.3) is 0 Å². The summed E-state index contributed by atoms with van der Waals surface area (Å²) in [5.74, 6) is -0.612. The molecule has 2 aliphatic rings. The van der Waals surface area contributed by atoms with E-state index in [9.17, 15) is 15.0 Å². The average Bonchev–Trinajstić information content (AvgIpc) is 3.50. The number of anilines is 1. The van der Waals surface area contributed by atoms with E-state index in [1.807, 2.05) is 66.6 Å². The summed E-state index contributed by atoms with van der Waals surface area (Å²) in [6.45, 7) is 6.63. The van der Waals surface area contributed by atoms with Gasteiger partial charge in [0.25, 0.3) is 5.91 Å². The van der Waals surface area contributed by atoms with Crippen LogP contribution in [0.1, 0.15) is 44.0 Å². The number of fused-ring (bicyclic) bond motifs is 2. The fourth-order valence-electron chi connectivity index (χ4n) is 6.17. The molecule has 0 unspecified atom stereocenters. The van der Waals surface area contributed by atoms with Crippen molar-refractivity contribution in [3.05, 3.63) is 75.1 Å². The van der Waals surface area contributed by atoms with Crippen molar-refractivity contribution in [3.8, 4) is 0 Å². The molecule has 1 amide bonds. The molecule has 0 aliphatic carbocycles. The third kappa shape index (κ3) is 4.71. The van der Waals surface area contributed by atoms with Gasteiger partial charge in [-0.15, -0.1) is 5.10 Å². The molecule has 37 heavy (non-hydrogen) atoms. The number of para-hydroxylation sites is 1. The smallest absolute Gasteiger partial charge is 0.264 e. The van der Waals surface area contributed by atoms with Crippen LogP contribution >= 0.6 is 22.6 Å². The van der Waals surface area contributed by atoms with Crippen molar-refractivity contribution < 1.29 is 19.7 Å². The zero-order valence-corrected chi connectivity index (χ0v) is 23.5. The number of aryl methyl sites for hydroxylation is 1. The van der Waals surface area contributed by atoms with E-state index in [0.29, 0.717) is 25.9 Å². The molecule has 1 saturated heterocycles. The minimum absolute atomic E-state index is 0.0193. The normalized spacial score (nSPS) is 25.3. The molecule has 1 aromatic heterocycles. The molecule has 0 radical (unpaired) electrons. The molecule has 2 aromatic carbocycles. The summed E-state index contributed by atoms with van der Waals surface area (Å²) in [5.41, 5.74) is 1.27. The minimum Gasteiger partial charge on any atom is -0.396 e. The summed E-state index contributed by atoms with van der Waals surface area (Å²) >= 11 is 2.28. The fraction of sp³-hybridized carbons (Fsp3) is 0.464. The van der Waals surface area contributed by atoms with Crippen LogP contribution in [0.5, 0.6) is 0 Å². The Labute approximate surface area is 230 Å². The number of hydrogen-bond acceptors (Lipinski definition) is 6. The van der Waals surface area contributed by atoms with Gasteiger partial charge in [-0.2, -0.15) is 0 Å². The Kier molecular flexibility index (Phi) is 7.16. The lowest BCUT2D eigenvalue weighted by Crippen LogP contribution is -2.46. The quantitative estimate of drug-likeness (QED) is 0.375. The number of rotatable bonds is 8. The monoisotopic (exact) mass is 616 g/mol. The van der Waals surface area contributed by atoms with Crippen molar-refractivity contribution in [3.63, 3.8) is 0 Å². The predicted molar refractivity (Wildman–Crippen MR) is 148 cm³/mol. The Morgan fingerprint density at radius 1 is 1.16 bits per heavy atom. The van der Waals surface area contributed by atoms with E-state index in [2.05, 4.69) is 32.9 Å². The molecular weight excluding hydrogens is 583 g/mol. The predicted octanol–water partition coefficient (Wildman–Crippen LogP) is 3.67. The van der Waals surface area contributed by atoms with Gasteiger partial charge in [0.1, 0.15) is 0 Å². The second-order valence-electron chi connectivity index (χ2n) is 10.6. The molecule has 2 aliphatic heterocycles. The summed E-state index contributed by atoms with van der Waals surface area (Å²) in [5, 5.41) is 28.7. The molecule has 4 atom stereocenters. The SMILES string of the molecule is C[C@@H]1[C@@H](C(C)(C)O)[C@H](CCn2cc(CCO)nn2)O[C@@]12C(=O)N(Cc1ccc(I)cc1)c1ccccc12. The summed E-state index contributed by atoms with van der Waals surface area (Å²) in [6, 6.07) is 16.1. The first kappa shape index (κ1) is 26.3. The van der Waals surface area contributed by atoms with Crippen LogP contribution in [0.2, 0.25) is 0 Å². The van der Waals surface area contributed by atoms with Gasteiger partial charge < -0.3 is 19.8 Å². The van der Waals surface area contributed by atoms with Gasteiger partial charge in [-0.3, -0.25) is 9.48 Å². The van der Waals surface area contributed by atoms with Crippen molar-refractivity contribution in [1.29, 1.82) is 0 Å². The second kappa shape index (κ2) is 10.1. The number of amides is 1. The highest BCUT2D eigenvalue weighted by molar-refractivity contribution is 14.1. The van der Waals surface area contributed by atoms with E-state index < -0.39 is 11.2 Å². The zero-order chi connectivity index (χ0) is 26.4. The largest absolute Gasteiger partial charge is 0.396 e. The molecule has 196 valence electrons. The van der Waals surface area contributed by atoms with E-state index in [1.54, 1.807) is 18.5 Å². The molecule has 5 rings (SSSR count). The number of aromatic nitrogens is 3. The molecule has 0 bridgehead atoms. The zero-order valence-electron chi connectivity index (χ0n) is 21.3. The first-order valence-corrected chi connectivity index (χ1v) is 13.8. The molecule has 0 saturated carbocycles. The summed E-state index contributed by atoms with van der Waals surface area (Å²) in [6.07, 6.45) is 2.47. The van der Waals surface area contributed by atoms with Gasteiger partial charge >= 0.3 is 0 Å². The fourth-order valence-corrected chi connectivity index (χ4v) is 6.53. The molecular formula is C28H33IN4O4. The number of carbonyl (C=O) groups excluding carboxylic acids is 1. The Hall–Kier alpha value is -2.34. The number of benzene rings is 2. The van der Waals surface area contributed by atoms with Gasteiger partial charge in [-0.05, 0) is 66.6 Å². The number of carbonyl (C=O) groups is 1. The van der Waals surface area contributed by atoms with E-state index in [0.717, 1.165) is 26.1 Å². The van der Waals surface area contributed by atoms with Crippen LogP contribution in [0.15, 0.2) is 54.7 Å². The van der Waals surface area contributed by atoms with Gasteiger partial charge in [0, 0.05) is 46.7 Å². The van der Waals surface area contributed by atoms with E-state index in [4.69, 9.17) is 4.74 Å². The van der Waals surface area contributed by atoms with Crippen LogP contribution in [0, 0.1) is 15.4 Å². The summed E-state index contributed by atoms with van der Waals surface area (Å²) < 4.78 is 9.69. The molecule has 8 nitrogen and oxygen atoms in total. The lowest BCUT2D eigenvalue weighted by Gasteiger charge is -2.34. The molecule has 1 spiro atoms. The number of aliphatic hydroxyl groups excluding tert-OH is 1. The van der Waals surface area contributed by atoms with Gasteiger partial charge in [-0.25, -0.2) is 0 Å². The van der Waals surface area contributed by atoms with Gasteiger partial charge in [0.15, 0.2) is 5.60 Å². The van der Waals surface area contributed by atoms with Crippen molar-refractivity contribution in [2.75, 3.05) is 11.5 Å². The lowest BCUT2D eigenvalue weighted by molar-refractivity contribution is -0.146. The number of nitrogens with zero attached hydrogens (tertiary/aromatic N) is 4. The van der Waals surface area contributed by atoms with Crippen LogP contribution in [-0.4, -0.2) is 49.4 Å². The Balaban J connectivity index is 1.47. The third-order valence-corrected chi connectivity index (χ3v) is 8.46. The second-order valence-corrected chi connectivity index (χ2v) is 11.9. The maximum atomic E-state index is 14.3. The topological polar surface area (TPSA) is 101 Å². The molecule has 2 N–H and O–H groups in total. The van der Waals surface area contributed by atoms with Crippen molar-refractivity contribution in [2.45, 2.75) is 64.0 Å². The number of aliphatic hydroxyl groups is 2. The summed E-state index contributed by atoms with van der Waals surface area (Å²) in [7, 11) is 0. The summed E-state index contributed by atoms with van der Waals surface area (Å²) in [4.78, 5) is 16.1. The first-order chi connectivity index (χ1) is 17.6. The van der Waals surface area contributed by atoms with Crippen molar-refractivity contribution >= 4 is 34.2 Å². The van der Waals surface area contributed by atoms with Gasteiger partial charge in [0.2, 0.25) is 0 Å². The molecule has 9 heteroatoms. The van der Waals surface area contributed by atoms with Crippen molar-refractivity contribution in [2.24, 2.45) is 11.8 Å². The average molecular weight is 617 g/mol. The maximum Gasteiger partial charge on any atom is 0.264 e. The third-order valence-electron chi connectivity index (χ3n) is 7.74. The highest BCUT2D eigenvalue weighted by Crippen LogP contribution is 2.57. The molecule has 3 aromatic rings. The molecule has 1 fully saturated rings.